The molecule has 76 valence electrons. The van der Waals surface area contributed by atoms with Gasteiger partial charge in [0, 0.05) is 12.5 Å². The van der Waals surface area contributed by atoms with Crippen molar-refractivity contribution in [3.05, 3.63) is 24.2 Å². The van der Waals surface area contributed by atoms with Gasteiger partial charge in [0.2, 0.25) is 0 Å². The number of nitrogens with one attached hydrogen (secondary N) is 1. The summed E-state index contributed by atoms with van der Waals surface area (Å²) in [7, 11) is 0. The van der Waals surface area contributed by atoms with E-state index in [0.717, 1.165) is 13.0 Å². The van der Waals surface area contributed by atoms with Crippen LogP contribution >= 0.6 is 0 Å². The summed E-state index contributed by atoms with van der Waals surface area (Å²) in [6.45, 7) is 1.04. The first-order valence-corrected chi connectivity index (χ1v) is 5.16. The summed E-state index contributed by atoms with van der Waals surface area (Å²) in [5.41, 5.74) is 0. The van der Waals surface area contributed by atoms with Crippen molar-refractivity contribution in [1.82, 2.24) is 5.32 Å². The summed E-state index contributed by atoms with van der Waals surface area (Å²) >= 11 is 0. The highest BCUT2D eigenvalue weighted by molar-refractivity contribution is 5.93. The van der Waals surface area contributed by atoms with Crippen molar-refractivity contribution in [3.63, 3.8) is 0 Å². The molecule has 2 rings (SSSR count). The highest BCUT2D eigenvalue weighted by Crippen LogP contribution is 2.13. The van der Waals surface area contributed by atoms with E-state index in [1.54, 1.807) is 18.4 Å². The molecule has 0 bridgehead atoms. The molecule has 0 aliphatic carbocycles. The molecule has 1 unspecified atom stereocenters. The van der Waals surface area contributed by atoms with Gasteiger partial charge in [-0.2, -0.15) is 0 Å². The van der Waals surface area contributed by atoms with Crippen molar-refractivity contribution < 1.29 is 9.21 Å². The van der Waals surface area contributed by atoms with Gasteiger partial charge in [0.05, 0.1) is 6.26 Å². The maximum atomic E-state index is 11.6. The SMILES string of the molecule is O=C(CC1CCCCN1)c1ccco1. The Morgan fingerprint density at radius 1 is 1.57 bits per heavy atom. The van der Waals surface area contributed by atoms with Crippen LogP contribution in [0.2, 0.25) is 0 Å². The van der Waals surface area contributed by atoms with Crippen molar-refractivity contribution >= 4 is 5.78 Å². The Hall–Kier alpha value is -1.09. The van der Waals surface area contributed by atoms with Crippen LogP contribution in [-0.4, -0.2) is 18.4 Å². The predicted octanol–water partition coefficient (Wildman–Crippen LogP) is 1.99. The minimum Gasteiger partial charge on any atom is -0.461 e. The van der Waals surface area contributed by atoms with Crippen molar-refractivity contribution in [3.8, 4) is 0 Å². The quantitative estimate of drug-likeness (QED) is 0.746. The molecule has 1 fully saturated rings. The molecular weight excluding hydrogens is 178 g/mol. The lowest BCUT2D eigenvalue weighted by Gasteiger charge is -2.22. The van der Waals surface area contributed by atoms with Gasteiger partial charge in [0.25, 0.3) is 0 Å². The van der Waals surface area contributed by atoms with E-state index < -0.39 is 0 Å². The lowest BCUT2D eigenvalue weighted by atomic mass is 9.99. The molecule has 2 heterocycles. The van der Waals surface area contributed by atoms with Crippen LogP contribution in [0.15, 0.2) is 22.8 Å². The number of hydrogen-bond acceptors (Lipinski definition) is 3. The van der Waals surface area contributed by atoms with Crippen molar-refractivity contribution in [2.45, 2.75) is 31.7 Å². The third-order valence-corrected chi connectivity index (χ3v) is 2.64. The molecule has 0 radical (unpaired) electrons. The summed E-state index contributed by atoms with van der Waals surface area (Å²) in [6, 6.07) is 3.83. The van der Waals surface area contributed by atoms with Gasteiger partial charge in [-0.3, -0.25) is 4.79 Å². The van der Waals surface area contributed by atoms with Gasteiger partial charge in [0.1, 0.15) is 0 Å². The second kappa shape index (κ2) is 4.42. The zero-order valence-corrected chi connectivity index (χ0v) is 8.16. The van der Waals surface area contributed by atoms with E-state index in [-0.39, 0.29) is 5.78 Å². The van der Waals surface area contributed by atoms with Gasteiger partial charge in [-0.25, -0.2) is 0 Å². The third-order valence-electron chi connectivity index (χ3n) is 2.64. The Morgan fingerprint density at radius 2 is 2.50 bits per heavy atom. The highest BCUT2D eigenvalue weighted by atomic mass is 16.3. The van der Waals surface area contributed by atoms with Crippen LogP contribution in [0, 0.1) is 0 Å². The molecule has 14 heavy (non-hydrogen) atoms. The summed E-state index contributed by atoms with van der Waals surface area (Å²) in [4.78, 5) is 11.6. The van der Waals surface area contributed by atoms with Crippen LogP contribution < -0.4 is 5.32 Å². The molecule has 1 atom stereocenters. The van der Waals surface area contributed by atoms with Crippen LogP contribution in [0.4, 0.5) is 0 Å². The van der Waals surface area contributed by atoms with Crippen LogP contribution in [0.5, 0.6) is 0 Å². The number of carbonyl (C=O) groups is 1. The summed E-state index contributed by atoms with van der Waals surface area (Å²) in [5.74, 6) is 0.590. The Morgan fingerprint density at radius 3 is 3.14 bits per heavy atom. The predicted molar refractivity (Wildman–Crippen MR) is 53.3 cm³/mol. The molecule has 0 aromatic carbocycles. The van der Waals surface area contributed by atoms with Crippen LogP contribution in [0.25, 0.3) is 0 Å². The zero-order valence-electron chi connectivity index (χ0n) is 8.16. The Bertz CT molecular complexity index is 286. The summed E-state index contributed by atoms with van der Waals surface area (Å²) in [6.07, 6.45) is 5.66. The summed E-state index contributed by atoms with van der Waals surface area (Å²) in [5, 5.41) is 3.35. The fourth-order valence-electron chi connectivity index (χ4n) is 1.86. The second-order valence-corrected chi connectivity index (χ2v) is 3.75. The third kappa shape index (κ3) is 2.23. The molecule has 1 aromatic rings. The Kier molecular flexibility index (Phi) is 2.99. The lowest BCUT2D eigenvalue weighted by Crippen LogP contribution is -2.35. The monoisotopic (exact) mass is 193 g/mol. The van der Waals surface area contributed by atoms with Crippen molar-refractivity contribution in [2.24, 2.45) is 0 Å². The van der Waals surface area contributed by atoms with Gasteiger partial charge >= 0.3 is 0 Å². The van der Waals surface area contributed by atoms with Crippen molar-refractivity contribution in [2.75, 3.05) is 6.54 Å². The number of ketones is 1. The molecule has 3 heteroatoms. The van der Waals surface area contributed by atoms with Gasteiger partial charge in [-0.15, -0.1) is 0 Å². The fraction of sp³-hybridized carbons (Fsp3) is 0.545. The fourth-order valence-corrected chi connectivity index (χ4v) is 1.86. The first-order valence-electron chi connectivity index (χ1n) is 5.16. The average Bonchev–Trinajstić information content (AvgIpc) is 2.72. The van der Waals surface area contributed by atoms with Gasteiger partial charge in [-0.1, -0.05) is 6.42 Å². The van der Waals surface area contributed by atoms with E-state index in [9.17, 15) is 4.79 Å². The van der Waals surface area contributed by atoms with E-state index in [1.807, 2.05) is 0 Å². The maximum Gasteiger partial charge on any atom is 0.199 e. The van der Waals surface area contributed by atoms with E-state index in [0.29, 0.717) is 18.2 Å². The van der Waals surface area contributed by atoms with Crippen LogP contribution in [-0.2, 0) is 0 Å². The van der Waals surface area contributed by atoms with Crippen molar-refractivity contribution in [1.29, 1.82) is 0 Å². The second-order valence-electron chi connectivity index (χ2n) is 3.75. The Balaban J connectivity index is 1.87. The lowest BCUT2D eigenvalue weighted by molar-refractivity contribution is 0.0936. The average molecular weight is 193 g/mol. The summed E-state index contributed by atoms with van der Waals surface area (Å²) < 4.78 is 5.06. The minimum atomic E-state index is 0.106. The van der Waals surface area contributed by atoms with Gasteiger partial charge in [0.15, 0.2) is 11.5 Å². The zero-order chi connectivity index (χ0) is 9.80. The normalized spacial score (nSPS) is 22.1. The van der Waals surface area contributed by atoms with E-state index in [1.165, 1.54) is 12.8 Å². The molecular formula is C11H15NO2. The maximum absolute atomic E-state index is 11.6. The first kappa shape index (κ1) is 9.46. The number of Topliss-reactive ketones (excluding diaryl/α,β-unsaturated/α-hetero) is 1. The van der Waals surface area contributed by atoms with E-state index in [2.05, 4.69) is 5.32 Å². The minimum absolute atomic E-state index is 0.106. The molecule has 0 spiro atoms. The molecule has 1 aliphatic heterocycles. The molecule has 1 aliphatic rings. The van der Waals surface area contributed by atoms with E-state index in [4.69, 9.17) is 4.42 Å². The molecule has 3 nitrogen and oxygen atoms in total. The van der Waals surface area contributed by atoms with Crippen LogP contribution in [0.3, 0.4) is 0 Å². The number of rotatable bonds is 3. The number of piperidine rings is 1. The smallest absolute Gasteiger partial charge is 0.199 e. The van der Waals surface area contributed by atoms with E-state index >= 15 is 0 Å². The molecule has 1 N–H and O–H groups in total. The topological polar surface area (TPSA) is 42.2 Å². The number of hydrogen-bond donors (Lipinski definition) is 1. The number of carbonyl (C=O) groups excluding carboxylic acids is 1. The van der Waals surface area contributed by atoms with Gasteiger partial charge in [-0.05, 0) is 31.5 Å². The van der Waals surface area contributed by atoms with Gasteiger partial charge < -0.3 is 9.73 Å². The Labute approximate surface area is 83.5 Å². The first-order chi connectivity index (χ1) is 6.86. The molecule has 0 amide bonds. The molecule has 1 aromatic heterocycles. The largest absolute Gasteiger partial charge is 0.461 e. The highest BCUT2D eigenvalue weighted by Gasteiger charge is 2.18. The molecule has 0 saturated carbocycles. The standard InChI is InChI=1S/C11H15NO2/c13-10(11-5-3-7-14-11)8-9-4-1-2-6-12-9/h3,5,7,9,12H,1-2,4,6,8H2. The molecule has 1 saturated heterocycles. The number of furan rings is 1. The van der Waals surface area contributed by atoms with Crippen LogP contribution in [0.1, 0.15) is 36.2 Å².